The van der Waals surface area contributed by atoms with Crippen LogP contribution in [0.3, 0.4) is 0 Å². The average Bonchev–Trinajstić information content (AvgIpc) is 2.65. The van der Waals surface area contributed by atoms with Crippen LogP contribution in [0.1, 0.15) is 31.4 Å². The van der Waals surface area contributed by atoms with Crippen molar-refractivity contribution in [2.75, 3.05) is 26.2 Å². The molecule has 0 amide bonds. The number of benzene rings is 2. The summed E-state index contributed by atoms with van der Waals surface area (Å²) in [6.07, 6.45) is 1.07. The zero-order valence-electron chi connectivity index (χ0n) is 16.0. The molecule has 0 saturated heterocycles. The zero-order chi connectivity index (χ0) is 19.5. The van der Waals surface area contributed by atoms with Gasteiger partial charge in [-0.15, -0.1) is 0 Å². The van der Waals surface area contributed by atoms with Gasteiger partial charge in [0, 0.05) is 6.54 Å². The van der Waals surface area contributed by atoms with Crippen LogP contribution in [0.4, 0.5) is 4.39 Å². The first-order valence-electron chi connectivity index (χ1n) is 9.38. The summed E-state index contributed by atoms with van der Waals surface area (Å²) in [6, 6.07) is 10.0. The van der Waals surface area contributed by atoms with Gasteiger partial charge in [0.05, 0.1) is 11.6 Å². The van der Waals surface area contributed by atoms with E-state index in [1.54, 1.807) is 12.1 Å². The van der Waals surface area contributed by atoms with Gasteiger partial charge in [-0.3, -0.25) is 0 Å². The summed E-state index contributed by atoms with van der Waals surface area (Å²) in [5, 5.41) is 7.22. The third-order valence-corrected chi connectivity index (χ3v) is 4.23. The molecule has 2 N–H and O–H groups in total. The first kappa shape index (κ1) is 21.5. The van der Waals surface area contributed by atoms with Crippen LogP contribution < -0.4 is 20.1 Å². The molecule has 0 aromatic heterocycles. The SMILES string of the molecule is CCNCCCNCc1cc(Cl)c(OCc2ccc(F)cc2)c(OCC)c1. The lowest BCUT2D eigenvalue weighted by Crippen LogP contribution is -2.21. The second kappa shape index (κ2) is 11.8. The van der Waals surface area contributed by atoms with E-state index in [4.69, 9.17) is 21.1 Å². The average molecular weight is 395 g/mol. The third kappa shape index (κ3) is 7.37. The highest BCUT2D eigenvalue weighted by Gasteiger charge is 2.13. The molecular weight excluding hydrogens is 367 g/mol. The maximum absolute atomic E-state index is 13.0. The lowest BCUT2D eigenvalue weighted by atomic mass is 10.2. The Bertz CT molecular complexity index is 695. The quantitative estimate of drug-likeness (QED) is 0.518. The Morgan fingerprint density at radius 3 is 2.41 bits per heavy atom. The van der Waals surface area contributed by atoms with Crippen LogP contribution in [0.5, 0.6) is 11.5 Å². The number of hydrogen-bond donors (Lipinski definition) is 2. The molecule has 2 aromatic rings. The highest BCUT2D eigenvalue weighted by atomic mass is 35.5. The van der Waals surface area contributed by atoms with Crippen molar-refractivity contribution in [3.05, 3.63) is 58.4 Å². The molecular formula is C21H28ClFN2O2. The molecule has 0 aliphatic rings. The zero-order valence-corrected chi connectivity index (χ0v) is 16.7. The van der Waals surface area contributed by atoms with Crippen molar-refractivity contribution in [1.29, 1.82) is 0 Å². The number of ether oxygens (including phenoxy) is 2. The number of rotatable bonds is 12. The summed E-state index contributed by atoms with van der Waals surface area (Å²) in [4.78, 5) is 0. The summed E-state index contributed by atoms with van der Waals surface area (Å²) in [6.45, 7) is 8.47. The highest BCUT2D eigenvalue weighted by molar-refractivity contribution is 6.32. The molecule has 4 nitrogen and oxygen atoms in total. The maximum atomic E-state index is 13.0. The molecule has 0 saturated carbocycles. The van der Waals surface area contributed by atoms with Crippen molar-refractivity contribution in [1.82, 2.24) is 10.6 Å². The van der Waals surface area contributed by atoms with E-state index in [0.717, 1.165) is 37.2 Å². The minimum Gasteiger partial charge on any atom is -0.490 e. The lowest BCUT2D eigenvalue weighted by Gasteiger charge is -2.16. The molecule has 0 aliphatic carbocycles. The molecule has 2 aromatic carbocycles. The molecule has 0 heterocycles. The van der Waals surface area contributed by atoms with Gasteiger partial charge in [-0.25, -0.2) is 4.39 Å². The van der Waals surface area contributed by atoms with Gasteiger partial charge in [-0.05, 0) is 68.4 Å². The van der Waals surface area contributed by atoms with Crippen molar-refractivity contribution < 1.29 is 13.9 Å². The van der Waals surface area contributed by atoms with Crippen molar-refractivity contribution in [2.45, 2.75) is 33.4 Å². The molecule has 27 heavy (non-hydrogen) atoms. The van der Waals surface area contributed by atoms with E-state index in [-0.39, 0.29) is 5.82 Å². The van der Waals surface area contributed by atoms with Crippen LogP contribution in [0.15, 0.2) is 36.4 Å². The van der Waals surface area contributed by atoms with Gasteiger partial charge >= 0.3 is 0 Å². The Labute approximate surface area is 166 Å². The van der Waals surface area contributed by atoms with Crippen LogP contribution >= 0.6 is 11.6 Å². The summed E-state index contributed by atoms with van der Waals surface area (Å²) in [5.74, 6) is 0.865. The molecule has 0 aliphatic heterocycles. The molecule has 6 heteroatoms. The van der Waals surface area contributed by atoms with E-state index in [9.17, 15) is 4.39 Å². The van der Waals surface area contributed by atoms with E-state index in [0.29, 0.717) is 36.3 Å². The standard InChI is InChI=1S/C21H28ClFN2O2/c1-3-24-10-5-11-25-14-17-12-19(22)21(20(13-17)26-4-2)27-15-16-6-8-18(23)9-7-16/h6-9,12-13,24-25H,3-5,10-11,14-15H2,1-2H3. The topological polar surface area (TPSA) is 42.5 Å². The summed E-state index contributed by atoms with van der Waals surface area (Å²) in [5.41, 5.74) is 1.90. The molecule has 148 valence electrons. The Balaban J connectivity index is 1.98. The van der Waals surface area contributed by atoms with Crippen molar-refractivity contribution in [2.24, 2.45) is 0 Å². The van der Waals surface area contributed by atoms with Gasteiger partial charge in [0.25, 0.3) is 0 Å². The predicted octanol–water partition coefficient (Wildman–Crippen LogP) is 4.55. The van der Waals surface area contributed by atoms with Crippen LogP contribution in [-0.4, -0.2) is 26.2 Å². The monoisotopic (exact) mass is 394 g/mol. The predicted molar refractivity (Wildman–Crippen MR) is 108 cm³/mol. The van der Waals surface area contributed by atoms with Crippen LogP contribution in [0, 0.1) is 5.82 Å². The van der Waals surface area contributed by atoms with E-state index in [1.807, 2.05) is 19.1 Å². The van der Waals surface area contributed by atoms with E-state index in [1.165, 1.54) is 12.1 Å². The molecule has 0 radical (unpaired) electrons. The van der Waals surface area contributed by atoms with Crippen LogP contribution in [0.25, 0.3) is 0 Å². The smallest absolute Gasteiger partial charge is 0.180 e. The minimum absolute atomic E-state index is 0.269. The molecule has 0 fully saturated rings. The fourth-order valence-corrected chi connectivity index (χ4v) is 2.90. The Morgan fingerprint density at radius 1 is 0.963 bits per heavy atom. The third-order valence-electron chi connectivity index (χ3n) is 3.95. The fraction of sp³-hybridized carbons (Fsp3) is 0.429. The molecule has 0 unspecified atom stereocenters. The lowest BCUT2D eigenvalue weighted by molar-refractivity contribution is 0.269. The van der Waals surface area contributed by atoms with Gasteiger partial charge in [-0.2, -0.15) is 0 Å². The molecule has 0 spiro atoms. The molecule has 0 bridgehead atoms. The van der Waals surface area contributed by atoms with Gasteiger partial charge in [0.1, 0.15) is 12.4 Å². The molecule has 0 atom stereocenters. The Morgan fingerprint density at radius 2 is 1.70 bits per heavy atom. The number of nitrogens with one attached hydrogen (secondary N) is 2. The van der Waals surface area contributed by atoms with E-state index in [2.05, 4.69) is 17.6 Å². The van der Waals surface area contributed by atoms with Crippen LogP contribution in [0.2, 0.25) is 5.02 Å². The summed E-state index contributed by atoms with van der Waals surface area (Å²) in [7, 11) is 0. The van der Waals surface area contributed by atoms with Gasteiger partial charge in [-0.1, -0.05) is 30.7 Å². The minimum atomic E-state index is -0.269. The second-order valence-corrected chi connectivity index (χ2v) is 6.54. The van der Waals surface area contributed by atoms with Gasteiger partial charge in [0.15, 0.2) is 11.5 Å². The van der Waals surface area contributed by atoms with Gasteiger partial charge in [0.2, 0.25) is 0 Å². The van der Waals surface area contributed by atoms with Gasteiger partial charge < -0.3 is 20.1 Å². The van der Waals surface area contributed by atoms with Crippen molar-refractivity contribution >= 4 is 11.6 Å². The van der Waals surface area contributed by atoms with E-state index < -0.39 is 0 Å². The number of halogens is 2. The summed E-state index contributed by atoms with van der Waals surface area (Å²) < 4.78 is 24.6. The normalized spacial score (nSPS) is 10.8. The molecule has 2 rings (SSSR count). The van der Waals surface area contributed by atoms with Crippen LogP contribution in [-0.2, 0) is 13.2 Å². The first-order valence-corrected chi connectivity index (χ1v) is 9.75. The Hall–Kier alpha value is -1.82. The number of hydrogen-bond acceptors (Lipinski definition) is 4. The highest BCUT2D eigenvalue weighted by Crippen LogP contribution is 2.37. The maximum Gasteiger partial charge on any atom is 0.180 e. The van der Waals surface area contributed by atoms with Crippen molar-refractivity contribution in [3.63, 3.8) is 0 Å². The second-order valence-electron chi connectivity index (χ2n) is 6.14. The first-order chi connectivity index (χ1) is 13.1. The Kier molecular flexibility index (Phi) is 9.39. The summed E-state index contributed by atoms with van der Waals surface area (Å²) >= 11 is 6.44. The van der Waals surface area contributed by atoms with E-state index >= 15 is 0 Å². The fourth-order valence-electron chi connectivity index (χ4n) is 2.61. The largest absolute Gasteiger partial charge is 0.490 e. The van der Waals surface area contributed by atoms with Crippen molar-refractivity contribution in [3.8, 4) is 11.5 Å².